The van der Waals surface area contributed by atoms with Gasteiger partial charge in [-0.25, -0.2) is 4.90 Å². The summed E-state index contributed by atoms with van der Waals surface area (Å²) in [4.78, 5) is 31.2. The van der Waals surface area contributed by atoms with E-state index in [4.69, 9.17) is 46.4 Å². The Morgan fingerprint density at radius 3 is 1.86 bits per heavy atom. The molecule has 2 amide bonds. The van der Waals surface area contributed by atoms with Crippen molar-refractivity contribution in [3.05, 3.63) is 91.1 Å². The molecular formula is C21H10Cl4N2O2. The number of imide groups is 1. The van der Waals surface area contributed by atoms with Gasteiger partial charge in [-0.2, -0.15) is 0 Å². The second-order valence-electron chi connectivity index (χ2n) is 6.12. The van der Waals surface area contributed by atoms with Gasteiger partial charge in [-0.1, -0.05) is 76.8 Å². The predicted molar refractivity (Wildman–Crippen MR) is 117 cm³/mol. The van der Waals surface area contributed by atoms with Gasteiger partial charge in [-0.05, 0) is 29.3 Å². The minimum absolute atomic E-state index is 0.0519. The van der Waals surface area contributed by atoms with Crippen LogP contribution in [0.3, 0.4) is 0 Å². The predicted octanol–water partition coefficient (Wildman–Crippen LogP) is 6.67. The first kappa shape index (κ1) is 19.9. The molecule has 29 heavy (non-hydrogen) atoms. The quantitative estimate of drug-likeness (QED) is 0.247. The Hall–Kier alpha value is -2.37. The van der Waals surface area contributed by atoms with Gasteiger partial charge in [0.05, 0.1) is 36.9 Å². The van der Waals surface area contributed by atoms with E-state index >= 15 is 0 Å². The summed E-state index contributed by atoms with van der Waals surface area (Å²) < 4.78 is 0. The van der Waals surface area contributed by atoms with Crippen molar-refractivity contribution in [1.29, 1.82) is 0 Å². The van der Waals surface area contributed by atoms with E-state index in [9.17, 15) is 9.59 Å². The van der Waals surface area contributed by atoms with Gasteiger partial charge in [0.25, 0.3) is 11.8 Å². The van der Waals surface area contributed by atoms with Crippen molar-refractivity contribution in [1.82, 2.24) is 4.98 Å². The van der Waals surface area contributed by atoms with Crippen LogP contribution in [0.5, 0.6) is 0 Å². The average Bonchev–Trinajstić information content (AvgIpc) is 3.00. The molecule has 1 aromatic heterocycles. The number of carbonyl (C=O) groups excluding carboxylic acids is 2. The zero-order valence-electron chi connectivity index (χ0n) is 14.5. The van der Waals surface area contributed by atoms with Crippen molar-refractivity contribution in [2.75, 3.05) is 4.90 Å². The molecule has 2 heterocycles. The molecule has 4 rings (SSSR count). The molecule has 0 saturated carbocycles. The Morgan fingerprint density at radius 1 is 0.724 bits per heavy atom. The van der Waals surface area contributed by atoms with Crippen molar-refractivity contribution in [3.63, 3.8) is 0 Å². The first-order valence-corrected chi connectivity index (χ1v) is 9.85. The third kappa shape index (κ3) is 3.32. The van der Waals surface area contributed by atoms with Crippen molar-refractivity contribution in [2.24, 2.45) is 0 Å². The maximum absolute atomic E-state index is 13.1. The number of nitrogens with zero attached hydrogens (tertiary/aromatic N) is 2. The fourth-order valence-electron chi connectivity index (χ4n) is 3.06. The number of aromatic nitrogens is 1. The number of para-hydroxylation sites is 1. The Balaban J connectivity index is 1.82. The molecule has 144 valence electrons. The molecule has 0 radical (unpaired) electrons. The van der Waals surface area contributed by atoms with E-state index in [1.807, 2.05) is 24.3 Å². The lowest BCUT2D eigenvalue weighted by molar-refractivity contribution is 0.0926. The van der Waals surface area contributed by atoms with E-state index in [-0.39, 0.29) is 31.2 Å². The van der Waals surface area contributed by atoms with Crippen LogP contribution in [0.1, 0.15) is 31.8 Å². The maximum Gasteiger partial charge on any atom is 0.267 e. The van der Waals surface area contributed by atoms with Gasteiger partial charge in [-0.15, -0.1) is 0 Å². The highest BCUT2D eigenvalue weighted by Crippen LogP contribution is 2.46. The number of carbonyl (C=O) groups is 2. The molecular weight excluding hydrogens is 454 g/mol. The van der Waals surface area contributed by atoms with Crippen LogP contribution >= 0.6 is 46.4 Å². The number of benzene rings is 2. The second kappa shape index (κ2) is 7.81. The Labute approximate surface area is 186 Å². The van der Waals surface area contributed by atoms with Gasteiger partial charge < -0.3 is 0 Å². The summed E-state index contributed by atoms with van der Waals surface area (Å²) >= 11 is 24.6. The summed E-state index contributed by atoms with van der Waals surface area (Å²) in [6.45, 7) is 0. The fraction of sp³-hybridized carbons (Fsp3) is 0. The van der Waals surface area contributed by atoms with Crippen LogP contribution in [0.2, 0.25) is 20.1 Å². The molecule has 0 saturated heterocycles. The van der Waals surface area contributed by atoms with E-state index < -0.39 is 11.8 Å². The number of hydrogen-bond donors (Lipinski definition) is 0. The summed E-state index contributed by atoms with van der Waals surface area (Å²) in [6.07, 6.45) is 7.00. The van der Waals surface area contributed by atoms with Crippen molar-refractivity contribution in [3.8, 4) is 0 Å². The molecule has 0 atom stereocenters. The normalized spacial score (nSPS) is 13.4. The molecule has 0 spiro atoms. The lowest BCUT2D eigenvalue weighted by Gasteiger charge is -2.16. The Kier molecular flexibility index (Phi) is 5.36. The van der Waals surface area contributed by atoms with Crippen molar-refractivity contribution >= 4 is 76.1 Å². The van der Waals surface area contributed by atoms with Gasteiger partial charge in [0, 0.05) is 12.4 Å². The zero-order valence-corrected chi connectivity index (χ0v) is 17.5. The first-order chi connectivity index (χ1) is 13.9. The maximum atomic E-state index is 13.1. The Morgan fingerprint density at radius 2 is 1.28 bits per heavy atom. The highest BCUT2D eigenvalue weighted by molar-refractivity contribution is 6.56. The highest BCUT2D eigenvalue weighted by atomic mass is 35.5. The molecule has 0 unspecified atom stereocenters. The molecule has 4 nitrogen and oxygen atoms in total. The number of hydrogen-bond acceptors (Lipinski definition) is 3. The van der Waals surface area contributed by atoms with E-state index in [0.29, 0.717) is 11.3 Å². The number of halogens is 4. The van der Waals surface area contributed by atoms with Crippen LogP contribution in [0.25, 0.3) is 12.2 Å². The molecule has 1 aliphatic heterocycles. The topological polar surface area (TPSA) is 50.3 Å². The summed E-state index contributed by atoms with van der Waals surface area (Å²) in [5.41, 5.74) is 1.86. The van der Waals surface area contributed by atoms with Crippen LogP contribution in [0.4, 0.5) is 5.69 Å². The number of fused-ring (bicyclic) bond motifs is 1. The summed E-state index contributed by atoms with van der Waals surface area (Å²) in [6, 6.07) is 10.7. The van der Waals surface area contributed by atoms with Crippen LogP contribution in [-0.2, 0) is 0 Å². The van der Waals surface area contributed by atoms with Gasteiger partial charge in [0.15, 0.2) is 0 Å². The van der Waals surface area contributed by atoms with E-state index in [1.54, 1.807) is 36.7 Å². The van der Waals surface area contributed by atoms with Crippen LogP contribution in [0.15, 0.2) is 48.8 Å². The molecule has 1 aliphatic rings. The average molecular weight is 464 g/mol. The summed E-state index contributed by atoms with van der Waals surface area (Å²) in [5.74, 6) is -1.22. The van der Waals surface area contributed by atoms with Gasteiger partial charge in [0.2, 0.25) is 0 Å². The first-order valence-electron chi connectivity index (χ1n) is 8.33. The SMILES string of the molecule is O=C1c2c(Cl)c(Cl)c(Cl)c(Cl)c2C(=O)N1c1ccccc1/C=C/c1ccncc1. The molecule has 0 N–H and O–H groups in total. The smallest absolute Gasteiger partial charge is 0.267 e. The zero-order chi connectivity index (χ0) is 20.7. The van der Waals surface area contributed by atoms with Crippen molar-refractivity contribution < 1.29 is 9.59 Å². The fourth-order valence-corrected chi connectivity index (χ4v) is 4.07. The third-order valence-electron chi connectivity index (χ3n) is 4.44. The lowest BCUT2D eigenvalue weighted by atomic mass is 10.1. The standard InChI is InChI=1S/C21H10Cl4N2O2/c22-16-14-15(17(23)19(25)18(16)24)21(29)27(20(14)28)13-4-2-1-3-12(13)6-5-11-7-9-26-10-8-11/h1-10H/b6-5+. The van der Waals surface area contributed by atoms with Crippen LogP contribution < -0.4 is 4.90 Å². The summed E-state index contributed by atoms with van der Waals surface area (Å²) in [5, 5.41) is -0.319. The number of pyridine rings is 1. The molecule has 3 aromatic rings. The largest absolute Gasteiger partial charge is 0.268 e. The minimum Gasteiger partial charge on any atom is -0.268 e. The van der Waals surface area contributed by atoms with Gasteiger partial charge in [0.1, 0.15) is 0 Å². The van der Waals surface area contributed by atoms with Gasteiger partial charge >= 0.3 is 0 Å². The molecule has 0 aliphatic carbocycles. The van der Waals surface area contributed by atoms with Crippen molar-refractivity contribution in [2.45, 2.75) is 0 Å². The third-order valence-corrected chi connectivity index (χ3v) is 6.24. The highest BCUT2D eigenvalue weighted by Gasteiger charge is 2.42. The summed E-state index contributed by atoms with van der Waals surface area (Å²) in [7, 11) is 0. The molecule has 2 aromatic carbocycles. The minimum atomic E-state index is -0.611. The Bertz CT molecular complexity index is 1150. The van der Waals surface area contributed by atoms with Gasteiger partial charge in [-0.3, -0.25) is 14.6 Å². The van der Waals surface area contributed by atoms with E-state index in [0.717, 1.165) is 10.5 Å². The number of amides is 2. The van der Waals surface area contributed by atoms with Crippen LogP contribution in [-0.4, -0.2) is 16.8 Å². The van der Waals surface area contributed by atoms with E-state index in [1.165, 1.54) is 0 Å². The van der Waals surface area contributed by atoms with E-state index in [2.05, 4.69) is 4.98 Å². The molecule has 0 fully saturated rings. The molecule has 8 heteroatoms. The monoisotopic (exact) mass is 462 g/mol. The molecule has 0 bridgehead atoms. The number of anilines is 1. The second-order valence-corrected chi connectivity index (χ2v) is 7.64. The lowest BCUT2D eigenvalue weighted by Crippen LogP contribution is -2.30. The number of rotatable bonds is 3. The van der Waals surface area contributed by atoms with Crippen LogP contribution in [0, 0.1) is 0 Å².